The highest BCUT2D eigenvalue weighted by Gasteiger charge is 2.30. The second-order valence-corrected chi connectivity index (χ2v) is 5.35. The van der Waals surface area contributed by atoms with Crippen LogP contribution in [-0.2, 0) is 11.0 Å². The Balaban J connectivity index is 2.34. The number of nitrogens with zero attached hydrogens (tertiary/aromatic N) is 1. The molecule has 0 aliphatic carbocycles. The van der Waals surface area contributed by atoms with Gasteiger partial charge in [0.15, 0.2) is 5.57 Å². The molecule has 1 amide bonds. The molecule has 2 aromatic rings. The predicted molar refractivity (Wildman–Crippen MR) is 86.4 cm³/mol. The van der Waals surface area contributed by atoms with Crippen LogP contribution in [0.4, 0.5) is 23.2 Å². The van der Waals surface area contributed by atoms with Gasteiger partial charge in [0.2, 0.25) is 0 Å². The highest BCUT2D eigenvalue weighted by Crippen LogP contribution is 2.30. The number of benzene rings is 2. The monoisotopic (exact) mass is 364 g/mol. The van der Waals surface area contributed by atoms with Crippen molar-refractivity contribution in [3.8, 4) is 6.07 Å². The lowest BCUT2D eigenvalue weighted by atomic mass is 10.1. The van der Waals surface area contributed by atoms with E-state index in [1.807, 2.05) is 0 Å². The molecule has 2 N–H and O–H groups in total. The van der Waals surface area contributed by atoms with Crippen molar-refractivity contribution in [2.24, 2.45) is 0 Å². The molecule has 0 unspecified atom stereocenters. The minimum Gasteiger partial charge on any atom is -0.506 e. The second kappa shape index (κ2) is 7.27. The van der Waals surface area contributed by atoms with Crippen LogP contribution in [0.15, 0.2) is 48.0 Å². The minimum absolute atomic E-state index is 0.158. The van der Waals surface area contributed by atoms with Gasteiger partial charge >= 0.3 is 6.18 Å². The molecule has 0 spiro atoms. The SMILES string of the molecule is Cc1ccc(F)c(NC(=O)C(C#N)=C(O)c2ccc(C(F)(F)F)cc2)c1. The number of hydrogen-bond acceptors (Lipinski definition) is 3. The van der Waals surface area contributed by atoms with Crippen molar-refractivity contribution in [3.05, 3.63) is 70.5 Å². The van der Waals surface area contributed by atoms with Crippen molar-refractivity contribution in [2.45, 2.75) is 13.1 Å². The number of anilines is 1. The first kappa shape index (κ1) is 19.0. The van der Waals surface area contributed by atoms with Crippen LogP contribution in [-0.4, -0.2) is 11.0 Å². The van der Waals surface area contributed by atoms with Crippen LogP contribution >= 0.6 is 0 Å². The summed E-state index contributed by atoms with van der Waals surface area (Å²) in [6.45, 7) is 1.66. The van der Waals surface area contributed by atoms with Crippen LogP contribution in [0.3, 0.4) is 0 Å². The molecule has 0 aliphatic heterocycles. The van der Waals surface area contributed by atoms with E-state index in [1.165, 1.54) is 18.2 Å². The average molecular weight is 364 g/mol. The average Bonchev–Trinajstić information content (AvgIpc) is 2.58. The largest absolute Gasteiger partial charge is 0.506 e. The zero-order valence-corrected chi connectivity index (χ0v) is 13.4. The standard InChI is InChI=1S/C18H12F4N2O2/c1-10-2-7-14(19)15(8-10)24-17(26)13(9-23)16(25)11-3-5-12(6-4-11)18(20,21)22/h2-8,25H,1H3,(H,24,26). The van der Waals surface area contributed by atoms with Crippen LogP contribution in [0.2, 0.25) is 0 Å². The van der Waals surface area contributed by atoms with Gasteiger partial charge in [0.25, 0.3) is 5.91 Å². The Labute approximate surface area is 146 Å². The third kappa shape index (κ3) is 4.19. The molecule has 0 bridgehead atoms. The number of carbonyl (C=O) groups is 1. The van der Waals surface area contributed by atoms with E-state index in [1.54, 1.807) is 6.92 Å². The van der Waals surface area contributed by atoms with Crippen LogP contribution in [0.25, 0.3) is 5.76 Å². The van der Waals surface area contributed by atoms with Crippen molar-refractivity contribution >= 4 is 17.4 Å². The van der Waals surface area contributed by atoms with Crippen LogP contribution in [0, 0.1) is 24.1 Å². The van der Waals surface area contributed by atoms with E-state index in [-0.39, 0.29) is 11.3 Å². The molecular formula is C18H12F4N2O2. The molecule has 0 radical (unpaired) electrons. The Bertz CT molecular complexity index is 910. The number of carbonyl (C=O) groups excluding carboxylic acids is 1. The van der Waals surface area contributed by atoms with Crippen molar-refractivity contribution in [1.29, 1.82) is 5.26 Å². The van der Waals surface area contributed by atoms with Gasteiger partial charge in [-0.25, -0.2) is 4.39 Å². The van der Waals surface area contributed by atoms with Crippen LogP contribution < -0.4 is 5.32 Å². The molecule has 0 aromatic heterocycles. The third-order valence-corrected chi connectivity index (χ3v) is 3.43. The van der Waals surface area contributed by atoms with Gasteiger partial charge in [-0.2, -0.15) is 18.4 Å². The number of nitrogens with one attached hydrogen (secondary N) is 1. The highest BCUT2D eigenvalue weighted by atomic mass is 19.4. The zero-order chi connectivity index (χ0) is 19.5. The van der Waals surface area contributed by atoms with E-state index >= 15 is 0 Å². The van der Waals surface area contributed by atoms with E-state index in [0.717, 1.165) is 18.2 Å². The number of hydrogen-bond donors (Lipinski definition) is 2. The number of halogens is 4. The summed E-state index contributed by atoms with van der Waals surface area (Å²) in [5, 5.41) is 21.3. The first-order chi connectivity index (χ1) is 12.1. The van der Waals surface area contributed by atoms with E-state index in [0.29, 0.717) is 17.7 Å². The number of rotatable bonds is 3. The summed E-state index contributed by atoms with van der Waals surface area (Å²) in [7, 11) is 0. The quantitative estimate of drug-likeness (QED) is 0.362. The molecule has 0 atom stereocenters. The predicted octanol–water partition coefficient (Wildman–Crippen LogP) is 4.58. The topological polar surface area (TPSA) is 73.1 Å². The Kier molecular flexibility index (Phi) is 5.31. The molecule has 2 rings (SSSR count). The lowest BCUT2D eigenvalue weighted by Gasteiger charge is -2.10. The summed E-state index contributed by atoms with van der Waals surface area (Å²) in [6.07, 6.45) is -4.56. The number of amides is 1. The number of aliphatic hydroxyl groups is 1. The molecule has 0 heterocycles. The van der Waals surface area contributed by atoms with Crippen molar-refractivity contribution < 1.29 is 27.5 Å². The normalized spacial score (nSPS) is 12.2. The van der Waals surface area contributed by atoms with Crippen LogP contribution in [0.5, 0.6) is 0 Å². The van der Waals surface area contributed by atoms with Crippen LogP contribution in [0.1, 0.15) is 16.7 Å². The van der Waals surface area contributed by atoms with E-state index in [9.17, 15) is 27.5 Å². The van der Waals surface area contributed by atoms with Gasteiger partial charge in [0.05, 0.1) is 11.3 Å². The Hall–Kier alpha value is -3.34. The zero-order valence-electron chi connectivity index (χ0n) is 13.4. The fourth-order valence-electron chi connectivity index (χ4n) is 2.09. The molecule has 2 aromatic carbocycles. The van der Waals surface area contributed by atoms with Gasteiger partial charge in [-0.3, -0.25) is 4.79 Å². The number of nitriles is 1. The highest BCUT2D eigenvalue weighted by molar-refractivity contribution is 6.11. The summed E-state index contributed by atoms with van der Waals surface area (Å²) in [5.41, 5.74) is -1.40. The molecule has 134 valence electrons. The summed E-state index contributed by atoms with van der Waals surface area (Å²) in [6, 6.07) is 8.67. The van der Waals surface area contributed by atoms with Gasteiger partial charge in [-0.05, 0) is 36.8 Å². The second-order valence-electron chi connectivity index (χ2n) is 5.35. The number of aliphatic hydroxyl groups excluding tert-OH is 1. The Morgan fingerprint density at radius 1 is 1.15 bits per heavy atom. The van der Waals surface area contributed by atoms with Gasteiger partial charge in [-0.15, -0.1) is 0 Å². The summed E-state index contributed by atoms with van der Waals surface area (Å²) in [5.74, 6) is -2.64. The maximum Gasteiger partial charge on any atom is 0.416 e. The Morgan fingerprint density at radius 2 is 1.77 bits per heavy atom. The van der Waals surface area contributed by atoms with E-state index in [4.69, 9.17) is 5.26 Å². The lowest BCUT2D eigenvalue weighted by molar-refractivity contribution is -0.137. The van der Waals surface area contributed by atoms with Gasteiger partial charge < -0.3 is 10.4 Å². The maximum absolute atomic E-state index is 13.7. The number of aryl methyl sites for hydroxylation is 1. The molecular weight excluding hydrogens is 352 g/mol. The van der Waals surface area contributed by atoms with Gasteiger partial charge in [0.1, 0.15) is 17.6 Å². The summed E-state index contributed by atoms with van der Waals surface area (Å²) in [4.78, 5) is 12.2. The molecule has 8 heteroatoms. The van der Waals surface area contributed by atoms with Crippen molar-refractivity contribution in [1.82, 2.24) is 0 Å². The van der Waals surface area contributed by atoms with Gasteiger partial charge in [0, 0.05) is 5.56 Å². The molecule has 0 fully saturated rings. The fraction of sp³-hybridized carbons (Fsp3) is 0.111. The maximum atomic E-state index is 13.7. The first-order valence-electron chi connectivity index (χ1n) is 7.22. The first-order valence-corrected chi connectivity index (χ1v) is 7.22. The smallest absolute Gasteiger partial charge is 0.416 e. The third-order valence-electron chi connectivity index (χ3n) is 3.43. The molecule has 0 aliphatic rings. The van der Waals surface area contributed by atoms with Crippen molar-refractivity contribution in [3.63, 3.8) is 0 Å². The fourth-order valence-corrected chi connectivity index (χ4v) is 2.09. The van der Waals surface area contributed by atoms with Crippen molar-refractivity contribution in [2.75, 3.05) is 5.32 Å². The van der Waals surface area contributed by atoms with Gasteiger partial charge in [-0.1, -0.05) is 18.2 Å². The molecule has 4 nitrogen and oxygen atoms in total. The lowest BCUT2D eigenvalue weighted by Crippen LogP contribution is -2.16. The minimum atomic E-state index is -4.56. The van der Waals surface area contributed by atoms with E-state index in [2.05, 4.69) is 5.32 Å². The molecule has 26 heavy (non-hydrogen) atoms. The number of alkyl halides is 3. The summed E-state index contributed by atoms with van der Waals surface area (Å²) < 4.78 is 51.4. The van der Waals surface area contributed by atoms with E-state index < -0.39 is 34.8 Å². The molecule has 0 saturated carbocycles. The molecule has 0 saturated heterocycles. The Morgan fingerprint density at radius 3 is 2.31 bits per heavy atom. The summed E-state index contributed by atoms with van der Waals surface area (Å²) >= 11 is 0.